The van der Waals surface area contributed by atoms with Gasteiger partial charge in [-0.25, -0.2) is 4.98 Å². The molecule has 0 bridgehead atoms. The summed E-state index contributed by atoms with van der Waals surface area (Å²) in [6.45, 7) is 5.85. The third-order valence-corrected chi connectivity index (χ3v) is 3.51. The molecule has 0 aliphatic rings. The van der Waals surface area contributed by atoms with Gasteiger partial charge >= 0.3 is 0 Å². The van der Waals surface area contributed by atoms with E-state index < -0.39 is 0 Å². The standard InChI is InChI=1S/C16H17N3O2/c1-9-8-13(11(3)21-9)10(2)17-16-18-14-7-5-4-6-12(14)15(20)19-16/h4-8,10H,1-3H3,(H2,17,18,19,20). The summed E-state index contributed by atoms with van der Waals surface area (Å²) in [6.07, 6.45) is 0. The van der Waals surface area contributed by atoms with Gasteiger partial charge in [-0.3, -0.25) is 9.78 Å². The molecule has 0 fully saturated rings. The van der Waals surface area contributed by atoms with E-state index in [1.165, 1.54) is 0 Å². The summed E-state index contributed by atoms with van der Waals surface area (Å²) in [5, 5.41) is 3.81. The second kappa shape index (κ2) is 5.09. The number of nitrogens with zero attached hydrogens (tertiary/aromatic N) is 1. The predicted octanol–water partition coefficient (Wildman–Crippen LogP) is 3.31. The van der Waals surface area contributed by atoms with Gasteiger partial charge in [-0.15, -0.1) is 0 Å². The van der Waals surface area contributed by atoms with E-state index in [9.17, 15) is 4.79 Å². The molecule has 1 atom stereocenters. The van der Waals surface area contributed by atoms with Gasteiger partial charge in [0.25, 0.3) is 5.56 Å². The smallest absolute Gasteiger partial charge is 0.260 e. The van der Waals surface area contributed by atoms with Crippen LogP contribution in [0.15, 0.2) is 39.5 Å². The molecule has 21 heavy (non-hydrogen) atoms. The Labute approximate surface area is 122 Å². The summed E-state index contributed by atoms with van der Waals surface area (Å²) in [6, 6.07) is 9.27. The van der Waals surface area contributed by atoms with Crippen molar-refractivity contribution < 1.29 is 4.42 Å². The molecule has 0 saturated carbocycles. The van der Waals surface area contributed by atoms with Crippen LogP contribution in [0.1, 0.15) is 30.0 Å². The van der Waals surface area contributed by atoms with Crippen LogP contribution in [0.3, 0.4) is 0 Å². The van der Waals surface area contributed by atoms with Crippen molar-refractivity contribution >= 4 is 16.9 Å². The number of para-hydroxylation sites is 1. The molecule has 2 N–H and O–H groups in total. The Morgan fingerprint density at radius 2 is 2.05 bits per heavy atom. The zero-order valence-corrected chi connectivity index (χ0v) is 12.2. The fourth-order valence-electron chi connectivity index (χ4n) is 2.52. The van der Waals surface area contributed by atoms with Crippen molar-refractivity contribution in [2.24, 2.45) is 0 Å². The van der Waals surface area contributed by atoms with E-state index >= 15 is 0 Å². The number of H-pyrrole nitrogens is 1. The maximum atomic E-state index is 12.0. The molecule has 0 spiro atoms. The van der Waals surface area contributed by atoms with Gasteiger partial charge in [-0.05, 0) is 39.0 Å². The number of nitrogens with one attached hydrogen (secondary N) is 2. The first-order valence-electron chi connectivity index (χ1n) is 6.87. The largest absolute Gasteiger partial charge is 0.466 e. The molecular formula is C16H17N3O2. The lowest BCUT2D eigenvalue weighted by Crippen LogP contribution is -2.15. The number of furan rings is 1. The number of aryl methyl sites for hydroxylation is 2. The summed E-state index contributed by atoms with van der Waals surface area (Å²) in [4.78, 5) is 19.2. The maximum absolute atomic E-state index is 12.0. The van der Waals surface area contributed by atoms with Crippen LogP contribution >= 0.6 is 0 Å². The molecule has 0 aliphatic carbocycles. The summed E-state index contributed by atoms with van der Waals surface area (Å²) in [5.74, 6) is 2.20. The van der Waals surface area contributed by atoms with Crippen LogP contribution in [0.4, 0.5) is 5.95 Å². The first-order chi connectivity index (χ1) is 10.0. The van der Waals surface area contributed by atoms with Crippen molar-refractivity contribution in [3.63, 3.8) is 0 Å². The van der Waals surface area contributed by atoms with Gasteiger partial charge in [0.2, 0.25) is 5.95 Å². The summed E-state index contributed by atoms with van der Waals surface area (Å²) >= 11 is 0. The Morgan fingerprint density at radius 3 is 2.76 bits per heavy atom. The van der Waals surface area contributed by atoms with Crippen LogP contribution in [0, 0.1) is 13.8 Å². The Bertz CT molecular complexity index is 848. The molecule has 1 unspecified atom stereocenters. The average molecular weight is 283 g/mol. The van der Waals surface area contributed by atoms with Gasteiger partial charge in [-0.2, -0.15) is 0 Å². The van der Waals surface area contributed by atoms with Crippen molar-refractivity contribution in [2.75, 3.05) is 5.32 Å². The molecule has 2 aromatic heterocycles. The molecule has 0 amide bonds. The molecular weight excluding hydrogens is 266 g/mol. The normalized spacial score (nSPS) is 12.5. The Hall–Kier alpha value is -2.56. The van der Waals surface area contributed by atoms with E-state index in [4.69, 9.17) is 4.42 Å². The zero-order chi connectivity index (χ0) is 15.0. The maximum Gasteiger partial charge on any atom is 0.260 e. The van der Waals surface area contributed by atoms with Crippen molar-refractivity contribution in [1.82, 2.24) is 9.97 Å². The second-order valence-corrected chi connectivity index (χ2v) is 5.17. The van der Waals surface area contributed by atoms with Crippen LogP contribution in [0.5, 0.6) is 0 Å². The lowest BCUT2D eigenvalue weighted by molar-refractivity contribution is 0.499. The minimum atomic E-state index is -0.143. The van der Waals surface area contributed by atoms with Crippen molar-refractivity contribution in [3.05, 3.63) is 57.8 Å². The fourth-order valence-corrected chi connectivity index (χ4v) is 2.52. The number of rotatable bonds is 3. The lowest BCUT2D eigenvalue weighted by atomic mass is 10.1. The number of hydrogen-bond acceptors (Lipinski definition) is 4. The molecule has 3 rings (SSSR count). The van der Waals surface area contributed by atoms with Gasteiger partial charge in [0.1, 0.15) is 11.5 Å². The minimum Gasteiger partial charge on any atom is -0.466 e. The number of anilines is 1. The monoisotopic (exact) mass is 283 g/mol. The van der Waals surface area contributed by atoms with Crippen LogP contribution < -0.4 is 10.9 Å². The van der Waals surface area contributed by atoms with Crippen LogP contribution in [-0.2, 0) is 0 Å². The molecule has 0 aliphatic heterocycles. The summed E-state index contributed by atoms with van der Waals surface area (Å²) in [5.41, 5.74) is 1.59. The van der Waals surface area contributed by atoms with E-state index in [1.807, 2.05) is 45.0 Å². The molecule has 108 valence electrons. The SMILES string of the molecule is Cc1cc(C(C)Nc2nc3ccccc3c(=O)[nH]2)c(C)o1. The quantitative estimate of drug-likeness (QED) is 0.773. The summed E-state index contributed by atoms with van der Waals surface area (Å²) in [7, 11) is 0. The average Bonchev–Trinajstić information content (AvgIpc) is 2.78. The van der Waals surface area contributed by atoms with Crippen molar-refractivity contribution in [2.45, 2.75) is 26.8 Å². The first-order valence-corrected chi connectivity index (χ1v) is 6.87. The highest BCUT2D eigenvalue weighted by Gasteiger charge is 2.14. The number of fused-ring (bicyclic) bond motifs is 1. The molecule has 1 aromatic carbocycles. The molecule has 2 heterocycles. The van der Waals surface area contributed by atoms with E-state index in [0.29, 0.717) is 16.9 Å². The van der Waals surface area contributed by atoms with Gasteiger partial charge < -0.3 is 9.73 Å². The Morgan fingerprint density at radius 1 is 1.29 bits per heavy atom. The lowest BCUT2D eigenvalue weighted by Gasteiger charge is -2.13. The van der Waals surface area contributed by atoms with Gasteiger partial charge in [0.15, 0.2) is 0 Å². The molecule has 0 radical (unpaired) electrons. The Balaban J connectivity index is 1.95. The summed E-state index contributed by atoms with van der Waals surface area (Å²) < 4.78 is 5.53. The van der Waals surface area contributed by atoms with Crippen molar-refractivity contribution in [3.8, 4) is 0 Å². The van der Waals surface area contributed by atoms with E-state index in [2.05, 4.69) is 15.3 Å². The number of hydrogen-bond donors (Lipinski definition) is 2. The van der Waals surface area contributed by atoms with Gasteiger partial charge in [-0.1, -0.05) is 12.1 Å². The first kappa shape index (κ1) is 13.4. The number of aromatic nitrogens is 2. The van der Waals surface area contributed by atoms with E-state index in [-0.39, 0.29) is 11.6 Å². The third kappa shape index (κ3) is 2.54. The highest BCUT2D eigenvalue weighted by molar-refractivity contribution is 5.78. The highest BCUT2D eigenvalue weighted by Crippen LogP contribution is 2.23. The topological polar surface area (TPSA) is 70.9 Å². The minimum absolute atomic E-state index is 0.00763. The third-order valence-electron chi connectivity index (χ3n) is 3.51. The number of aromatic amines is 1. The Kier molecular flexibility index (Phi) is 3.25. The molecule has 0 saturated heterocycles. The molecule has 5 nitrogen and oxygen atoms in total. The van der Waals surface area contributed by atoms with Crippen molar-refractivity contribution in [1.29, 1.82) is 0 Å². The highest BCUT2D eigenvalue weighted by atomic mass is 16.3. The van der Waals surface area contributed by atoms with E-state index in [0.717, 1.165) is 17.1 Å². The van der Waals surface area contributed by atoms with Crippen LogP contribution in [-0.4, -0.2) is 9.97 Å². The zero-order valence-electron chi connectivity index (χ0n) is 12.2. The fraction of sp³-hybridized carbons (Fsp3) is 0.250. The molecule has 5 heteroatoms. The molecule has 3 aromatic rings. The van der Waals surface area contributed by atoms with Gasteiger partial charge in [0, 0.05) is 5.56 Å². The van der Waals surface area contributed by atoms with Gasteiger partial charge in [0.05, 0.1) is 16.9 Å². The van der Waals surface area contributed by atoms with Crippen LogP contribution in [0.2, 0.25) is 0 Å². The predicted molar refractivity (Wildman–Crippen MR) is 82.6 cm³/mol. The van der Waals surface area contributed by atoms with E-state index in [1.54, 1.807) is 6.07 Å². The van der Waals surface area contributed by atoms with Crippen LogP contribution in [0.25, 0.3) is 10.9 Å². The number of benzene rings is 1. The second-order valence-electron chi connectivity index (χ2n) is 5.17.